The standard InChI is InChI=1S/C22H23NO5/c1-13-19(20(24)25)23(22(2,3)28-13)21(26)27-12-18-16-10-6-4-8-14(16)15-9-5-7-11-17(15)18/h4-11,13,18-19H,12H2,1-3H3,(H,24,25)/t13-,19-/m1/s1. The summed E-state index contributed by atoms with van der Waals surface area (Å²) < 4.78 is 11.3. The van der Waals surface area contributed by atoms with Crippen LogP contribution in [-0.4, -0.2) is 46.5 Å². The first-order valence-electron chi connectivity index (χ1n) is 9.36. The highest BCUT2D eigenvalue weighted by atomic mass is 16.6. The topological polar surface area (TPSA) is 76.1 Å². The zero-order chi connectivity index (χ0) is 20.1. The van der Waals surface area contributed by atoms with Gasteiger partial charge >= 0.3 is 12.1 Å². The van der Waals surface area contributed by atoms with Gasteiger partial charge in [0.25, 0.3) is 0 Å². The fraction of sp³-hybridized carbons (Fsp3) is 0.364. The summed E-state index contributed by atoms with van der Waals surface area (Å²) in [5.74, 6) is -1.18. The lowest BCUT2D eigenvalue weighted by molar-refractivity contribution is -0.143. The molecule has 0 unspecified atom stereocenters. The van der Waals surface area contributed by atoms with E-state index in [-0.39, 0.29) is 12.5 Å². The summed E-state index contributed by atoms with van der Waals surface area (Å²) in [4.78, 5) is 25.7. The summed E-state index contributed by atoms with van der Waals surface area (Å²) >= 11 is 0. The van der Waals surface area contributed by atoms with Crippen molar-refractivity contribution in [2.24, 2.45) is 0 Å². The number of fused-ring (bicyclic) bond motifs is 3. The van der Waals surface area contributed by atoms with Crippen LogP contribution in [0.5, 0.6) is 0 Å². The minimum atomic E-state index is -1.11. The van der Waals surface area contributed by atoms with Gasteiger partial charge in [-0.15, -0.1) is 0 Å². The lowest BCUT2D eigenvalue weighted by atomic mass is 9.98. The minimum absolute atomic E-state index is 0.0799. The number of hydrogen-bond acceptors (Lipinski definition) is 4. The van der Waals surface area contributed by atoms with E-state index in [4.69, 9.17) is 9.47 Å². The number of ether oxygens (including phenoxy) is 2. The summed E-state index contributed by atoms with van der Waals surface area (Å²) in [6, 6.07) is 15.1. The van der Waals surface area contributed by atoms with Crippen molar-refractivity contribution in [1.29, 1.82) is 0 Å². The highest BCUT2D eigenvalue weighted by molar-refractivity contribution is 5.82. The number of carbonyl (C=O) groups excluding carboxylic acids is 1. The molecular formula is C22H23NO5. The molecule has 1 heterocycles. The molecule has 2 aliphatic rings. The number of rotatable bonds is 3. The summed E-state index contributed by atoms with van der Waals surface area (Å²) in [5, 5.41) is 9.55. The van der Waals surface area contributed by atoms with E-state index in [0.29, 0.717) is 0 Å². The van der Waals surface area contributed by atoms with Crippen LogP contribution >= 0.6 is 0 Å². The van der Waals surface area contributed by atoms with Crippen LogP contribution in [0.4, 0.5) is 4.79 Å². The van der Waals surface area contributed by atoms with Crippen molar-refractivity contribution in [2.75, 3.05) is 6.61 Å². The van der Waals surface area contributed by atoms with Crippen LogP contribution in [-0.2, 0) is 14.3 Å². The van der Waals surface area contributed by atoms with E-state index < -0.39 is 29.9 Å². The Morgan fingerprint density at radius 2 is 1.61 bits per heavy atom. The van der Waals surface area contributed by atoms with Crippen molar-refractivity contribution in [3.05, 3.63) is 59.7 Å². The first-order chi connectivity index (χ1) is 13.3. The molecule has 6 heteroatoms. The summed E-state index contributed by atoms with van der Waals surface area (Å²) in [7, 11) is 0. The lowest BCUT2D eigenvalue weighted by Crippen LogP contribution is -2.51. The fourth-order valence-electron chi connectivity index (χ4n) is 4.43. The number of amides is 1. The van der Waals surface area contributed by atoms with Gasteiger partial charge in [0.05, 0.1) is 6.10 Å². The maximum atomic E-state index is 12.9. The normalized spacial score (nSPS) is 22.6. The van der Waals surface area contributed by atoms with Crippen molar-refractivity contribution in [3.63, 3.8) is 0 Å². The van der Waals surface area contributed by atoms with E-state index in [1.807, 2.05) is 36.4 Å². The predicted octanol–water partition coefficient (Wildman–Crippen LogP) is 3.85. The summed E-state index contributed by atoms with van der Waals surface area (Å²) in [5.41, 5.74) is 3.45. The number of carboxylic acids is 1. The molecule has 6 nitrogen and oxygen atoms in total. The molecule has 1 amide bonds. The molecular weight excluding hydrogens is 358 g/mol. The fourth-order valence-corrected chi connectivity index (χ4v) is 4.43. The average molecular weight is 381 g/mol. The second kappa shape index (κ2) is 6.63. The Kier molecular flexibility index (Phi) is 4.38. The van der Waals surface area contributed by atoms with Crippen LogP contribution in [0.25, 0.3) is 11.1 Å². The highest BCUT2D eigenvalue weighted by Crippen LogP contribution is 2.44. The molecule has 0 radical (unpaired) electrons. The highest BCUT2D eigenvalue weighted by Gasteiger charge is 2.52. The van der Waals surface area contributed by atoms with Crippen molar-refractivity contribution in [1.82, 2.24) is 4.90 Å². The zero-order valence-corrected chi connectivity index (χ0v) is 16.1. The molecule has 0 saturated carbocycles. The quantitative estimate of drug-likeness (QED) is 0.874. The van der Waals surface area contributed by atoms with E-state index in [1.165, 1.54) is 4.90 Å². The molecule has 1 fully saturated rings. The lowest BCUT2D eigenvalue weighted by Gasteiger charge is -2.31. The number of nitrogens with zero attached hydrogens (tertiary/aromatic N) is 1. The average Bonchev–Trinajstić information content (AvgIpc) is 3.10. The van der Waals surface area contributed by atoms with Gasteiger partial charge in [-0.3, -0.25) is 4.90 Å². The Balaban J connectivity index is 1.58. The number of aliphatic carboxylic acids is 1. The monoisotopic (exact) mass is 381 g/mol. The molecule has 2 aromatic carbocycles. The molecule has 146 valence electrons. The van der Waals surface area contributed by atoms with Crippen LogP contribution in [0.3, 0.4) is 0 Å². The Hall–Kier alpha value is -2.86. The molecule has 4 rings (SSSR count). The van der Waals surface area contributed by atoms with Gasteiger partial charge in [0.15, 0.2) is 6.04 Å². The van der Waals surface area contributed by atoms with Crippen LogP contribution < -0.4 is 0 Å². The molecule has 1 N–H and O–H groups in total. The Morgan fingerprint density at radius 3 is 2.14 bits per heavy atom. The van der Waals surface area contributed by atoms with E-state index in [0.717, 1.165) is 22.3 Å². The molecule has 2 aromatic rings. The molecule has 0 aromatic heterocycles. The summed E-state index contributed by atoms with van der Waals surface area (Å²) in [6.45, 7) is 5.14. The number of carboxylic acid groups (broad SMARTS) is 1. The molecule has 1 aliphatic carbocycles. The Labute approximate surface area is 163 Å². The predicted molar refractivity (Wildman–Crippen MR) is 103 cm³/mol. The van der Waals surface area contributed by atoms with Gasteiger partial charge < -0.3 is 14.6 Å². The Morgan fingerprint density at radius 1 is 1.07 bits per heavy atom. The second-order valence-corrected chi connectivity index (χ2v) is 7.73. The van der Waals surface area contributed by atoms with E-state index in [9.17, 15) is 14.7 Å². The van der Waals surface area contributed by atoms with Crippen molar-refractivity contribution < 1.29 is 24.2 Å². The van der Waals surface area contributed by atoms with Gasteiger partial charge in [0.1, 0.15) is 12.3 Å². The van der Waals surface area contributed by atoms with Gasteiger partial charge in [-0.2, -0.15) is 0 Å². The third-order valence-electron chi connectivity index (χ3n) is 5.56. The largest absolute Gasteiger partial charge is 0.480 e. The third-order valence-corrected chi connectivity index (χ3v) is 5.56. The molecule has 0 spiro atoms. The van der Waals surface area contributed by atoms with Crippen LogP contribution in [0.1, 0.15) is 37.8 Å². The maximum absolute atomic E-state index is 12.9. The van der Waals surface area contributed by atoms with Crippen LogP contribution in [0, 0.1) is 0 Å². The van der Waals surface area contributed by atoms with Gasteiger partial charge in [0.2, 0.25) is 0 Å². The zero-order valence-electron chi connectivity index (χ0n) is 16.1. The smallest absolute Gasteiger partial charge is 0.412 e. The number of carbonyl (C=O) groups is 2. The maximum Gasteiger partial charge on any atom is 0.412 e. The minimum Gasteiger partial charge on any atom is -0.480 e. The van der Waals surface area contributed by atoms with Crippen molar-refractivity contribution in [3.8, 4) is 11.1 Å². The van der Waals surface area contributed by atoms with Crippen molar-refractivity contribution >= 4 is 12.1 Å². The van der Waals surface area contributed by atoms with E-state index in [2.05, 4.69) is 12.1 Å². The van der Waals surface area contributed by atoms with E-state index >= 15 is 0 Å². The second-order valence-electron chi connectivity index (χ2n) is 7.73. The summed E-state index contributed by atoms with van der Waals surface area (Å²) in [6.07, 6.45) is -1.29. The number of benzene rings is 2. The van der Waals surface area contributed by atoms with Gasteiger partial charge in [-0.25, -0.2) is 9.59 Å². The third kappa shape index (κ3) is 2.85. The molecule has 1 aliphatic heterocycles. The Bertz CT molecular complexity index is 893. The molecule has 1 saturated heterocycles. The van der Waals surface area contributed by atoms with Gasteiger partial charge in [-0.1, -0.05) is 48.5 Å². The first kappa shape index (κ1) is 18.5. The molecule has 2 atom stereocenters. The molecule has 28 heavy (non-hydrogen) atoms. The van der Waals surface area contributed by atoms with Crippen LogP contribution in [0.15, 0.2) is 48.5 Å². The number of hydrogen-bond donors (Lipinski definition) is 1. The molecule has 0 bridgehead atoms. The SMILES string of the molecule is C[C@H]1OC(C)(C)N(C(=O)OCC2c3ccccc3-c3ccccc32)[C@H]1C(=O)O. The van der Waals surface area contributed by atoms with Gasteiger partial charge in [-0.05, 0) is 43.0 Å². The van der Waals surface area contributed by atoms with Crippen molar-refractivity contribution in [2.45, 2.75) is 44.6 Å². The first-order valence-corrected chi connectivity index (χ1v) is 9.36. The van der Waals surface area contributed by atoms with Crippen LogP contribution in [0.2, 0.25) is 0 Å². The van der Waals surface area contributed by atoms with Gasteiger partial charge in [0, 0.05) is 5.92 Å². The van der Waals surface area contributed by atoms with E-state index in [1.54, 1.807) is 20.8 Å².